The highest BCUT2D eigenvalue weighted by molar-refractivity contribution is 5.94. The molecule has 5 heteroatoms. The molecule has 0 heterocycles. The molecular formula is C20H34N4O. The Labute approximate surface area is 152 Å². The molecule has 1 aromatic carbocycles. The van der Waals surface area contributed by atoms with E-state index in [0.29, 0.717) is 18.5 Å². The molecule has 140 valence electrons. The summed E-state index contributed by atoms with van der Waals surface area (Å²) >= 11 is 0. The molecule has 1 amide bonds. The maximum Gasteiger partial charge on any atom is 0.253 e. The zero-order valence-corrected chi connectivity index (χ0v) is 16.6. The van der Waals surface area contributed by atoms with Gasteiger partial charge >= 0.3 is 0 Å². The van der Waals surface area contributed by atoms with Gasteiger partial charge in [-0.1, -0.05) is 26.0 Å². The maximum atomic E-state index is 12.3. The highest BCUT2D eigenvalue weighted by Crippen LogP contribution is 2.09. The summed E-state index contributed by atoms with van der Waals surface area (Å²) < 4.78 is 0. The third-order valence-electron chi connectivity index (χ3n) is 4.38. The number of guanidine groups is 1. The van der Waals surface area contributed by atoms with Crippen molar-refractivity contribution in [3.63, 3.8) is 0 Å². The van der Waals surface area contributed by atoms with Crippen LogP contribution in [0.1, 0.15) is 57.5 Å². The Morgan fingerprint density at radius 1 is 1.08 bits per heavy atom. The quantitative estimate of drug-likeness (QED) is 0.561. The number of nitrogens with one attached hydrogen (secondary N) is 2. The molecule has 0 saturated heterocycles. The van der Waals surface area contributed by atoms with Gasteiger partial charge in [-0.3, -0.25) is 4.79 Å². The number of hydrogen-bond acceptors (Lipinski definition) is 2. The average molecular weight is 347 g/mol. The lowest BCUT2D eigenvalue weighted by Crippen LogP contribution is -2.44. The third kappa shape index (κ3) is 6.77. The van der Waals surface area contributed by atoms with Crippen molar-refractivity contribution in [2.24, 2.45) is 10.9 Å². The molecule has 0 aromatic heterocycles. The standard InChI is InChI=1S/C20H34N4O/c1-7-21-20(23-16(6)15(4)5)22-14-17-10-12-18(13-11-17)19(25)24(8-2)9-3/h10-13,15-16H,7-9,14H2,1-6H3,(H2,21,22,23). The van der Waals surface area contributed by atoms with Crippen LogP contribution in [0, 0.1) is 5.92 Å². The minimum atomic E-state index is 0.0841. The first-order valence-electron chi connectivity index (χ1n) is 9.35. The number of nitrogens with zero attached hydrogens (tertiary/aromatic N) is 2. The molecule has 0 aliphatic heterocycles. The third-order valence-corrected chi connectivity index (χ3v) is 4.38. The summed E-state index contributed by atoms with van der Waals surface area (Å²) in [5, 5.41) is 6.70. The van der Waals surface area contributed by atoms with Crippen LogP contribution in [0.15, 0.2) is 29.3 Å². The average Bonchev–Trinajstić information content (AvgIpc) is 2.61. The van der Waals surface area contributed by atoms with Gasteiger partial charge in [-0.2, -0.15) is 0 Å². The molecule has 1 rings (SSSR count). The highest BCUT2D eigenvalue weighted by atomic mass is 16.2. The van der Waals surface area contributed by atoms with Gasteiger partial charge in [-0.05, 0) is 51.3 Å². The summed E-state index contributed by atoms with van der Waals surface area (Å²) in [5.41, 5.74) is 1.82. The van der Waals surface area contributed by atoms with Gasteiger partial charge in [0.25, 0.3) is 5.91 Å². The van der Waals surface area contributed by atoms with Gasteiger partial charge in [0.15, 0.2) is 5.96 Å². The van der Waals surface area contributed by atoms with Gasteiger partial charge in [-0.25, -0.2) is 4.99 Å². The van der Waals surface area contributed by atoms with Crippen LogP contribution >= 0.6 is 0 Å². The molecule has 0 aliphatic rings. The second-order valence-corrected chi connectivity index (χ2v) is 6.55. The Bertz CT molecular complexity index is 547. The van der Waals surface area contributed by atoms with E-state index < -0.39 is 0 Å². The molecular weight excluding hydrogens is 312 g/mol. The van der Waals surface area contributed by atoms with Crippen LogP contribution in [-0.4, -0.2) is 42.4 Å². The number of carbonyl (C=O) groups excluding carboxylic acids is 1. The minimum Gasteiger partial charge on any atom is -0.357 e. The summed E-state index contributed by atoms with van der Waals surface area (Å²) in [6.07, 6.45) is 0. The molecule has 0 spiro atoms. The summed E-state index contributed by atoms with van der Waals surface area (Å²) in [6.45, 7) is 15.5. The fraction of sp³-hybridized carbons (Fsp3) is 0.600. The van der Waals surface area contributed by atoms with Gasteiger partial charge in [0.05, 0.1) is 6.54 Å². The van der Waals surface area contributed by atoms with Crippen molar-refractivity contribution in [1.29, 1.82) is 0 Å². The first-order valence-corrected chi connectivity index (χ1v) is 9.35. The van der Waals surface area contributed by atoms with Crippen molar-refractivity contribution in [3.05, 3.63) is 35.4 Å². The van der Waals surface area contributed by atoms with Crippen molar-refractivity contribution in [2.75, 3.05) is 19.6 Å². The predicted octanol–water partition coefficient (Wildman–Crippen LogP) is 3.27. The maximum absolute atomic E-state index is 12.3. The number of hydrogen-bond donors (Lipinski definition) is 2. The molecule has 0 aliphatic carbocycles. The predicted molar refractivity (Wildman–Crippen MR) is 106 cm³/mol. The first-order chi connectivity index (χ1) is 11.9. The fourth-order valence-corrected chi connectivity index (χ4v) is 2.32. The van der Waals surface area contributed by atoms with Crippen LogP contribution in [0.2, 0.25) is 0 Å². The highest BCUT2D eigenvalue weighted by Gasteiger charge is 2.12. The summed E-state index contributed by atoms with van der Waals surface area (Å²) in [5.74, 6) is 1.45. The minimum absolute atomic E-state index is 0.0841. The Hall–Kier alpha value is -2.04. The van der Waals surface area contributed by atoms with E-state index in [0.717, 1.165) is 36.7 Å². The second kappa shape index (κ2) is 10.7. The summed E-state index contributed by atoms with van der Waals surface area (Å²) in [6, 6.07) is 8.10. The summed E-state index contributed by atoms with van der Waals surface area (Å²) in [7, 11) is 0. The molecule has 1 unspecified atom stereocenters. The zero-order chi connectivity index (χ0) is 18.8. The van der Waals surface area contributed by atoms with Crippen LogP contribution in [0.3, 0.4) is 0 Å². The Morgan fingerprint density at radius 3 is 2.16 bits per heavy atom. The number of rotatable bonds is 8. The molecule has 1 atom stereocenters. The van der Waals surface area contributed by atoms with E-state index in [-0.39, 0.29) is 5.91 Å². The molecule has 0 fully saturated rings. The van der Waals surface area contributed by atoms with Gasteiger partial charge in [0, 0.05) is 31.2 Å². The van der Waals surface area contributed by atoms with E-state index in [9.17, 15) is 4.79 Å². The number of aliphatic imine (C=N–C) groups is 1. The second-order valence-electron chi connectivity index (χ2n) is 6.55. The monoisotopic (exact) mass is 346 g/mol. The lowest BCUT2D eigenvalue weighted by atomic mass is 10.1. The van der Waals surface area contributed by atoms with Crippen LogP contribution in [0.5, 0.6) is 0 Å². The Kier molecular flexibility index (Phi) is 9.03. The molecule has 25 heavy (non-hydrogen) atoms. The van der Waals surface area contributed by atoms with Crippen molar-refractivity contribution < 1.29 is 4.79 Å². The molecule has 1 aromatic rings. The molecule has 2 N–H and O–H groups in total. The summed E-state index contributed by atoms with van der Waals surface area (Å²) in [4.78, 5) is 18.8. The Morgan fingerprint density at radius 2 is 1.68 bits per heavy atom. The van der Waals surface area contributed by atoms with Gasteiger partial charge in [0.2, 0.25) is 0 Å². The van der Waals surface area contributed by atoms with Crippen LogP contribution in [0.25, 0.3) is 0 Å². The van der Waals surface area contributed by atoms with E-state index in [4.69, 9.17) is 0 Å². The van der Waals surface area contributed by atoms with Gasteiger partial charge in [0.1, 0.15) is 0 Å². The smallest absolute Gasteiger partial charge is 0.253 e. The lowest BCUT2D eigenvalue weighted by Gasteiger charge is -2.20. The van der Waals surface area contributed by atoms with Crippen LogP contribution < -0.4 is 10.6 Å². The zero-order valence-electron chi connectivity index (χ0n) is 16.6. The normalized spacial score (nSPS) is 12.8. The van der Waals surface area contributed by atoms with E-state index in [1.807, 2.05) is 43.0 Å². The SMILES string of the molecule is CCNC(=NCc1ccc(C(=O)N(CC)CC)cc1)NC(C)C(C)C. The molecule has 0 saturated carbocycles. The molecule has 0 bridgehead atoms. The van der Waals surface area contributed by atoms with Crippen molar-refractivity contribution >= 4 is 11.9 Å². The largest absolute Gasteiger partial charge is 0.357 e. The lowest BCUT2D eigenvalue weighted by molar-refractivity contribution is 0.0773. The van der Waals surface area contributed by atoms with E-state index in [1.54, 1.807) is 0 Å². The van der Waals surface area contributed by atoms with Gasteiger partial charge in [-0.15, -0.1) is 0 Å². The van der Waals surface area contributed by atoms with Crippen molar-refractivity contribution in [1.82, 2.24) is 15.5 Å². The first kappa shape index (κ1) is 21.0. The Balaban J connectivity index is 2.76. The van der Waals surface area contributed by atoms with Crippen LogP contribution in [-0.2, 0) is 6.54 Å². The van der Waals surface area contributed by atoms with Crippen molar-refractivity contribution in [3.8, 4) is 0 Å². The molecule has 5 nitrogen and oxygen atoms in total. The van der Waals surface area contributed by atoms with Crippen molar-refractivity contribution in [2.45, 2.75) is 54.1 Å². The van der Waals surface area contributed by atoms with E-state index >= 15 is 0 Å². The fourth-order valence-electron chi connectivity index (χ4n) is 2.32. The molecule has 0 radical (unpaired) electrons. The van der Waals surface area contributed by atoms with E-state index in [2.05, 4.69) is 43.3 Å². The number of carbonyl (C=O) groups is 1. The van der Waals surface area contributed by atoms with Gasteiger partial charge < -0.3 is 15.5 Å². The number of benzene rings is 1. The van der Waals surface area contributed by atoms with Crippen LogP contribution in [0.4, 0.5) is 0 Å². The van der Waals surface area contributed by atoms with E-state index in [1.165, 1.54) is 0 Å². The number of amides is 1. The topological polar surface area (TPSA) is 56.7 Å².